The number of imide groups is 1. The molecule has 2 aliphatic rings. The second-order valence-corrected chi connectivity index (χ2v) is 8.74. The zero-order chi connectivity index (χ0) is 22.4. The predicted molar refractivity (Wildman–Crippen MR) is 123 cm³/mol. The summed E-state index contributed by atoms with van der Waals surface area (Å²) < 4.78 is 0. The monoisotopic (exact) mass is 464 g/mol. The maximum Gasteiger partial charge on any atom is 0.239 e. The van der Waals surface area contributed by atoms with E-state index in [2.05, 4.69) is 5.32 Å². The van der Waals surface area contributed by atoms with Crippen LogP contribution in [-0.4, -0.2) is 23.6 Å². The number of nitrogens with zero attached hydrogens (tertiary/aromatic N) is 1. The Balaban J connectivity index is 1.59. The van der Waals surface area contributed by atoms with Gasteiger partial charge in [-0.25, -0.2) is 4.90 Å². The first kappa shape index (κ1) is 20.9. The first-order chi connectivity index (χ1) is 15.5. The number of hydrogen-bond acceptors (Lipinski definition) is 4. The summed E-state index contributed by atoms with van der Waals surface area (Å²) in [7, 11) is 0. The molecule has 0 spiro atoms. The number of carbonyl (C=O) groups is 3. The second kappa shape index (κ2) is 8.17. The van der Waals surface area contributed by atoms with E-state index < -0.39 is 29.8 Å². The highest BCUT2D eigenvalue weighted by Gasteiger charge is 2.61. The third kappa shape index (κ3) is 3.34. The van der Waals surface area contributed by atoms with E-state index in [0.29, 0.717) is 16.3 Å². The molecule has 5 rings (SSSR count). The van der Waals surface area contributed by atoms with Crippen molar-refractivity contribution in [2.75, 3.05) is 4.90 Å². The lowest BCUT2D eigenvalue weighted by Gasteiger charge is -2.22. The first-order valence-corrected chi connectivity index (χ1v) is 11.0. The van der Waals surface area contributed by atoms with Crippen molar-refractivity contribution in [1.82, 2.24) is 5.32 Å². The van der Waals surface area contributed by atoms with E-state index in [1.54, 1.807) is 36.4 Å². The van der Waals surface area contributed by atoms with E-state index in [0.717, 1.165) is 10.5 Å². The van der Waals surface area contributed by atoms with Gasteiger partial charge in [0, 0.05) is 11.6 Å². The summed E-state index contributed by atoms with van der Waals surface area (Å²) >= 11 is 12.2. The zero-order valence-corrected chi connectivity index (χ0v) is 18.3. The number of hydrogen-bond donors (Lipinski definition) is 1. The Morgan fingerprint density at radius 1 is 0.781 bits per heavy atom. The molecule has 2 aliphatic heterocycles. The fraction of sp³-hybridized carbons (Fsp3) is 0.160. The lowest BCUT2D eigenvalue weighted by molar-refractivity contribution is -0.123. The van der Waals surface area contributed by atoms with Crippen molar-refractivity contribution >= 4 is 46.5 Å². The van der Waals surface area contributed by atoms with Gasteiger partial charge in [-0.15, -0.1) is 0 Å². The second-order valence-electron chi connectivity index (χ2n) is 7.92. The Kier molecular flexibility index (Phi) is 5.33. The molecule has 0 aliphatic carbocycles. The molecule has 160 valence electrons. The molecule has 1 N–H and O–H groups in total. The number of ketones is 1. The van der Waals surface area contributed by atoms with Crippen molar-refractivity contribution < 1.29 is 14.4 Å². The number of benzene rings is 3. The van der Waals surface area contributed by atoms with Crippen molar-refractivity contribution in [2.24, 2.45) is 11.8 Å². The number of rotatable bonds is 4. The largest absolute Gasteiger partial charge is 0.299 e. The first-order valence-electron chi connectivity index (χ1n) is 10.2. The fourth-order valence-electron chi connectivity index (χ4n) is 4.68. The van der Waals surface area contributed by atoms with Crippen LogP contribution in [-0.2, 0) is 9.59 Å². The average Bonchev–Trinajstić information content (AvgIpc) is 3.33. The molecule has 0 bridgehead atoms. The average molecular weight is 465 g/mol. The van der Waals surface area contributed by atoms with E-state index in [4.69, 9.17) is 23.2 Å². The molecule has 0 aromatic heterocycles. The lowest BCUT2D eigenvalue weighted by atomic mass is 9.84. The molecular formula is C25H18Cl2N2O3. The Morgan fingerprint density at radius 2 is 1.41 bits per heavy atom. The van der Waals surface area contributed by atoms with E-state index >= 15 is 0 Å². The quantitative estimate of drug-likeness (QED) is 0.449. The summed E-state index contributed by atoms with van der Waals surface area (Å²) in [6.45, 7) is 0. The Morgan fingerprint density at radius 3 is 2.06 bits per heavy atom. The van der Waals surface area contributed by atoms with Crippen LogP contribution in [0.1, 0.15) is 22.0 Å². The molecule has 5 nitrogen and oxygen atoms in total. The number of Topliss-reactive ketones (excluding diaryl/α,β-unsaturated/α-hetero) is 1. The Bertz CT molecular complexity index is 1220. The summed E-state index contributed by atoms with van der Waals surface area (Å²) in [4.78, 5) is 41.6. The highest BCUT2D eigenvalue weighted by Crippen LogP contribution is 2.46. The normalized spacial score (nSPS) is 24.6. The van der Waals surface area contributed by atoms with Gasteiger partial charge in [-0.2, -0.15) is 0 Å². The lowest BCUT2D eigenvalue weighted by Crippen LogP contribution is -2.43. The summed E-state index contributed by atoms with van der Waals surface area (Å²) in [5.74, 6) is -2.52. The summed E-state index contributed by atoms with van der Waals surface area (Å²) in [5, 5.41) is 3.87. The smallest absolute Gasteiger partial charge is 0.239 e. The molecule has 3 aromatic rings. The molecule has 3 aromatic carbocycles. The van der Waals surface area contributed by atoms with Gasteiger partial charge < -0.3 is 0 Å². The summed E-state index contributed by atoms with van der Waals surface area (Å²) in [5.41, 5.74) is 1.69. The van der Waals surface area contributed by atoms with Gasteiger partial charge >= 0.3 is 0 Å². The van der Waals surface area contributed by atoms with Crippen molar-refractivity contribution in [3.05, 3.63) is 100 Å². The topological polar surface area (TPSA) is 66.5 Å². The minimum Gasteiger partial charge on any atom is -0.299 e. The number of amides is 2. The van der Waals surface area contributed by atoms with Gasteiger partial charge in [0.25, 0.3) is 0 Å². The van der Waals surface area contributed by atoms with Gasteiger partial charge in [0.2, 0.25) is 11.8 Å². The van der Waals surface area contributed by atoms with Crippen LogP contribution in [0.4, 0.5) is 5.69 Å². The minimum absolute atomic E-state index is 0.212. The van der Waals surface area contributed by atoms with Gasteiger partial charge in [-0.05, 0) is 23.8 Å². The maximum atomic E-state index is 13.6. The zero-order valence-electron chi connectivity index (χ0n) is 16.7. The van der Waals surface area contributed by atoms with Crippen LogP contribution in [0.5, 0.6) is 0 Å². The van der Waals surface area contributed by atoms with E-state index in [1.807, 2.05) is 36.4 Å². The van der Waals surface area contributed by atoms with E-state index in [-0.39, 0.29) is 16.7 Å². The molecule has 4 unspecified atom stereocenters. The molecular weight excluding hydrogens is 447 g/mol. The van der Waals surface area contributed by atoms with Crippen LogP contribution in [0.15, 0.2) is 78.9 Å². The standard InChI is InChI=1S/C25H18Cl2N2O3/c26-17-12-11-16(13-18(17)27)29-24(31)19-20(25(29)32)22(23(30)15-9-5-2-6-10-15)28-21(19)14-7-3-1-4-8-14/h1-13,19-22,28H. The highest BCUT2D eigenvalue weighted by molar-refractivity contribution is 6.42. The van der Waals surface area contributed by atoms with Crippen LogP contribution in [0.3, 0.4) is 0 Å². The maximum absolute atomic E-state index is 13.6. The van der Waals surface area contributed by atoms with Crippen LogP contribution in [0, 0.1) is 11.8 Å². The van der Waals surface area contributed by atoms with Crippen molar-refractivity contribution in [1.29, 1.82) is 0 Å². The fourth-order valence-corrected chi connectivity index (χ4v) is 4.97. The van der Waals surface area contributed by atoms with Crippen LogP contribution in [0.25, 0.3) is 0 Å². The van der Waals surface area contributed by atoms with Gasteiger partial charge in [0.05, 0.1) is 33.6 Å². The molecule has 0 saturated carbocycles. The van der Waals surface area contributed by atoms with Crippen LogP contribution < -0.4 is 10.2 Å². The number of carbonyl (C=O) groups excluding carboxylic acids is 3. The summed E-state index contributed by atoms with van der Waals surface area (Å²) in [6, 6.07) is 21.6. The SMILES string of the molecule is O=C(c1ccccc1)C1NC(c2ccccc2)C2C(=O)N(c3ccc(Cl)c(Cl)c3)C(=O)C12. The molecule has 4 atom stereocenters. The molecule has 2 fully saturated rings. The van der Waals surface area contributed by atoms with Crippen LogP contribution in [0.2, 0.25) is 10.0 Å². The van der Waals surface area contributed by atoms with Crippen molar-refractivity contribution in [3.63, 3.8) is 0 Å². The van der Waals surface area contributed by atoms with Crippen LogP contribution >= 0.6 is 23.2 Å². The number of fused-ring (bicyclic) bond motifs is 1. The summed E-state index contributed by atoms with van der Waals surface area (Å²) in [6.07, 6.45) is 0. The van der Waals surface area contributed by atoms with E-state index in [9.17, 15) is 14.4 Å². The van der Waals surface area contributed by atoms with Gasteiger partial charge in [-0.3, -0.25) is 19.7 Å². The Hall–Kier alpha value is -2.99. The minimum atomic E-state index is -0.824. The molecule has 7 heteroatoms. The van der Waals surface area contributed by atoms with Crippen molar-refractivity contribution in [3.8, 4) is 0 Å². The highest BCUT2D eigenvalue weighted by atomic mass is 35.5. The van der Waals surface area contributed by atoms with Gasteiger partial charge in [-0.1, -0.05) is 83.9 Å². The predicted octanol–water partition coefficient (Wildman–Crippen LogP) is 4.70. The molecule has 2 amide bonds. The molecule has 2 saturated heterocycles. The Labute approximate surface area is 194 Å². The number of nitrogens with one attached hydrogen (secondary N) is 1. The number of anilines is 1. The number of halogens is 2. The van der Waals surface area contributed by atoms with Gasteiger partial charge in [0.15, 0.2) is 5.78 Å². The van der Waals surface area contributed by atoms with E-state index in [1.165, 1.54) is 6.07 Å². The van der Waals surface area contributed by atoms with Crippen molar-refractivity contribution in [2.45, 2.75) is 12.1 Å². The molecule has 0 radical (unpaired) electrons. The molecule has 2 heterocycles. The molecule has 32 heavy (non-hydrogen) atoms. The third-order valence-electron chi connectivity index (χ3n) is 6.14. The third-order valence-corrected chi connectivity index (χ3v) is 6.88. The van der Waals surface area contributed by atoms with Gasteiger partial charge in [0.1, 0.15) is 0 Å².